The summed E-state index contributed by atoms with van der Waals surface area (Å²) >= 11 is 5.96. The van der Waals surface area contributed by atoms with Crippen LogP contribution in [0.5, 0.6) is 5.75 Å². The number of nitrogens with zero attached hydrogens (tertiary/aromatic N) is 4. The van der Waals surface area contributed by atoms with Crippen molar-refractivity contribution in [1.29, 1.82) is 0 Å². The third kappa shape index (κ3) is 2.15. The fraction of sp³-hybridized carbons (Fsp3) is 0.0909. The molecule has 1 aromatic carbocycles. The normalized spacial score (nSPS) is 10.6. The van der Waals surface area contributed by atoms with E-state index in [1.807, 2.05) is 0 Å². The second-order valence-corrected chi connectivity index (χ2v) is 4.04. The molecule has 0 saturated carbocycles. The van der Waals surface area contributed by atoms with E-state index in [0.29, 0.717) is 33.9 Å². The lowest BCUT2D eigenvalue weighted by molar-refractivity contribution is 0.405. The molecule has 7 nitrogen and oxygen atoms in total. The van der Waals surface area contributed by atoms with Crippen molar-refractivity contribution >= 4 is 11.6 Å². The molecule has 0 spiro atoms. The molecule has 2 aromatic heterocycles. The predicted molar refractivity (Wildman–Crippen MR) is 66.7 cm³/mol. The Balaban J connectivity index is 2.06. The Kier molecular flexibility index (Phi) is 2.88. The number of hydrogen-bond donors (Lipinski definition) is 1. The number of H-pyrrole nitrogens is 1. The van der Waals surface area contributed by atoms with Crippen molar-refractivity contribution < 1.29 is 9.26 Å². The minimum absolute atomic E-state index is 0.297. The van der Waals surface area contributed by atoms with Crippen LogP contribution in [-0.4, -0.2) is 32.4 Å². The van der Waals surface area contributed by atoms with Gasteiger partial charge >= 0.3 is 0 Å². The summed E-state index contributed by atoms with van der Waals surface area (Å²) in [6, 6.07) is 5.14. The second kappa shape index (κ2) is 4.69. The van der Waals surface area contributed by atoms with Crippen LogP contribution in [-0.2, 0) is 0 Å². The van der Waals surface area contributed by atoms with E-state index >= 15 is 0 Å². The summed E-state index contributed by atoms with van der Waals surface area (Å²) in [5.41, 5.74) is 0.619. The van der Waals surface area contributed by atoms with Crippen LogP contribution in [0.4, 0.5) is 0 Å². The van der Waals surface area contributed by atoms with Crippen molar-refractivity contribution in [2.45, 2.75) is 0 Å². The number of nitrogens with one attached hydrogen (secondary N) is 1. The van der Waals surface area contributed by atoms with Crippen molar-refractivity contribution in [2.24, 2.45) is 0 Å². The standard InChI is InChI=1S/C11H8ClN5O2/c1-18-8-3-2-6(12)4-7(8)11-15-10(17-19-11)9-13-5-14-16-9/h2-5H,1H3,(H,13,14,16). The fourth-order valence-corrected chi connectivity index (χ4v) is 1.76. The highest BCUT2D eigenvalue weighted by Gasteiger charge is 2.16. The van der Waals surface area contributed by atoms with Crippen LogP contribution in [0.3, 0.4) is 0 Å². The number of ether oxygens (including phenoxy) is 1. The molecule has 0 amide bonds. The maximum absolute atomic E-state index is 5.96. The smallest absolute Gasteiger partial charge is 0.262 e. The van der Waals surface area contributed by atoms with Gasteiger partial charge in [0.2, 0.25) is 5.82 Å². The molecule has 0 radical (unpaired) electrons. The van der Waals surface area contributed by atoms with Crippen LogP contribution in [0, 0.1) is 0 Å². The first-order valence-electron chi connectivity index (χ1n) is 5.31. The highest BCUT2D eigenvalue weighted by atomic mass is 35.5. The monoisotopic (exact) mass is 277 g/mol. The maximum Gasteiger partial charge on any atom is 0.262 e. The molecule has 19 heavy (non-hydrogen) atoms. The van der Waals surface area contributed by atoms with Crippen molar-refractivity contribution in [3.63, 3.8) is 0 Å². The van der Waals surface area contributed by atoms with Gasteiger partial charge in [0.25, 0.3) is 5.89 Å². The SMILES string of the molecule is COc1ccc(Cl)cc1-c1nc(-c2ncn[nH]2)no1. The molecule has 0 unspecified atom stereocenters. The van der Waals surface area contributed by atoms with Gasteiger partial charge in [-0.3, -0.25) is 5.10 Å². The van der Waals surface area contributed by atoms with Crippen LogP contribution >= 0.6 is 11.6 Å². The van der Waals surface area contributed by atoms with Gasteiger partial charge in [-0.15, -0.1) is 0 Å². The molecule has 0 atom stereocenters. The number of hydrogen-bond acceptors (Lipinski definition) is 6. The van der Waals surface area contributed by atoms with E-state index in [9.17, 15) is 0 Å². The quantitative estimate of drug-likeness (QED) is 0.789. The third-order valence-electron chi connectivity index (χ3n) is 2.44. The zero-order valence-electron chi connectivity index (χ0n) is 9.79. The summed E-state index contributed by atoms with van der Waals surface area (Å²) in [6.07, 6.45) is 1.37. The number of halogens is 1. The number of methoxy groups -OCH3 is 1. The molecule has 0 fully saturated rings. The number of aromatic amines is 1. The summed E-state index contributed by atoms with van der Waals surface area (Å²) in [6.45, 7) is 0. The molecule has 3 rings (SSSR count). The molecular weight excluding hydrogens is 270 g/mol. The molecule has 0 saturated heterocycles. The van der Waals surface area contributed by atoms with Gasteiger partial charge in [-0.25, -0.2) is 4.98 Å². The Morgan fingerprint density at radius 2 is 2.26 bits per heavy atom. The zero-order chi connectivity index (χ0) is 13.2. The highest BCUT2D eigenvalue weighted by molar-refractivity contribution is 6.30. The Bertz CT molecular complexity index is 695. The van der Waals surface area contributed by atoms with Crippen LogP contribution < -0.4 is 4.74 Å². The molecule has 96 valence electrons. The predicted octanol–water partition coefficient (Wildman–Crippen LogP) is 2.18. The van der Waals surface area contributed by atoms with E-state index in [1.54, 1.807) is 25.3 Å². The molecule has 1 N–H and O–H groups in total. The van der Waals surface area contributed by atoms with Gasteiger partial charge in [0.05, 0.1) is 12.7 Å². The Labute approximate surface area is 112 Å². The second-order valence-electron chi connectivity index (χ2n) is 3.60. The number of aromatic nitrogens is 5. The molecule has 3 aromatic rings. The maximum atomic E-state index is 5.96. The van der Waals surface area contributed by atoms with Crippen LogP contribution in [0.15, 0.2) is 29.0 Å². The van der Waals surface area contributed by atoms with Gasteiger partial charge in [0.1, 0.15) is 12.1 Å². The van der Waals surface area contributed by atoms with Gasteiger partial charge in [0.15, 0.2) is 5.82 Å². The lowest BCUT2D eigenvalue weighted by atomic mass is 10.2. The lowest BCUT2D eigenvalue weighted by Gasteiger charge is -2.04. The summed E-state index contributed by atoms with van der Waals surface area (Å²) in [5, 5.41) is 10.8. The van der Waals surface area contributed by atoms with Crippen molar-refractivity contribution in [1.82, 2.24) is 25.3 Å². The van der Waals surface area contributed by atoms with E-state index in [2.05, 4.69) is 25.3 Å². The van der Waals surface area contributed by atoms with E-state index in [1.165, 1.54) is 6.33 Å². The first kappa shape index (κ1) is 11.7. The van der Waals surface area contributed by atoms with Crippen molar-refractivity contribution in [2.75, 3.05) is 7.11 Å². The molecule has 8 heteroatoms. The third-order valence-corrected chi connectivity index (χ3v) is 2.68. The minimum atomic E-state index is 0.297. The van der Waals surface area contributed by atoms with Gasteiger partial charge in [-0.1, -0.05) is 16.8 Å². The molecule has 0 aliphatic carbocycles. The summed E-state index contributed by atoms with van der Waals surface area (Å²) < 4.78 is 10.4. The van der Waals surface area contributed by atoms with Crippen LogP contribution in [0.1, 0.15) is 0 Å². The average molecular weight is 278 g/mol. The van der Waals surface area contributed by atoms with E-state index in [0.717, 1.165) is 0 Å². The van der Waals surface area contributed by atoms with Gasteiger partial charge in [-0.2, -0.15) is 10.1 Å². The van der Waals surface area contributed by atoms with Gasteiger partial charge in [0, 0.05) is 5.02 Å². The number of rotatable bonds is 3. The van der Waals surface area contributed by atoms with Gasteiger partial charge < -0.3 is 9.26 Å². The molecule has 0 aliphatic heterocycles. The Morgan fingerprint density at radius 3 is 3.00 bits per heavy atom. The molecule has 2 heterocycles. The topological polar surface area (TPSA) is 89.7 Å². The lowest BCUT2D eigenvalue weighted by Crippen LogP contribution is -1.88. The molecule has 0 aliphatic rings. The first-order chi connectivity index (χ1) is 9.28. The summed E-state index contributed by atoms with van der Waals surface area (Å²) in [4.78, 5) is 8.17. The Hall–Kier alpha value is -2.41. The number of benzene rings is 1. The minimum Gasteiger partial charge on any atom is -0.496 e. The van der Waals surface area contributed by atoms with E-state index in [4.69, 9.17) is 20.9 Å². The van der Waals surface area contributed by atoms with Crippen molar-refractivity contribution in [3.8, 4) is 28.9 Å². The van der Waals surface area contributed by atoms with E-state index in [-0.39, 0.29) is 0 Å². The average Bonchev–Trinajstić information content (AvgIpc) is 3.09. The first-order valence-corrected chi connectivity index (χ1v) is 5.69. The molecular formula is C11H8ClN5O2. The summed E-state index contributed by atoms with van der Waals surface area (Å²) in [7, 11) is 1.56. The van der Waals surface area contributed by atoms with Crippen LogP contribution in [0.25, 0.3) is 23.1 Å². The van der Waals surface area contributed by atoms with E-state index < -0.39 is 0 Å². The largest absolute Gasteiger partial charge is 0.496 e. The van der Waals surface area contributed by atoms with Crippen LogP contribution in [0.2, 0.25) is 5.02 Å². The fourth-order valence-electron chi connectivity index (χ4n) is 1.59. The van der Waals surface area contributed by atoms with Gasteiger partial charge in [-0.05, 0) is 18.2 Å². The highest BCUT2D eigenvalue weighted by Crippen LogP contribution is 2.32. The molecule has 0 bridgehead atoms. The zero-order valence-corrected chi connectivity index (χ0v) is 10.5. The van der Waals surface area contributed by atoms with Crippen molar-refractivity contribution in [3.05, 3.63) is 29.5 Å². The Morgan fingerprint density at radius 1 is 1.37 bits per heavy atom. The summed E-state index contributed by atoms with van der Waals surface area (Å²) in [5.74, 6) is 1.63.